The number of piperidine rings is 1. The minimum Gasteiger partial charge on any atom is -0.369 e. The van der Waals surface area contributed by atoms with Crippen LogP contribution in [0.25, 0.3) is 0 Å². The number of nitrogens with one attached hydrogen (secondary N) is 1. The first-order chi connectivity index (χ1) is 7.06. The molecule has 0 spiro atoms. The van der Waals surface area contributed by atoms with Crippen molar-refractivity contribution in [1.29, 1.82) is 0 Å². The third-order valence-electron chi connectivity index (χ3n) is 3.00. The molecule has 1 fully saturated rings. The first kappa shape index (κ1) is 11.9. The van der Waals surface area contributed by atoms with E-state index in [1.807, 2.05) is 4.90 Å². The Balaban J connectivity index is 2.43. The number of hydrogen-bond donors (Lipinski definition) is 3. The molecule has 1 heterocycles. The SMILES string of the molecule is CC(C(=O)NN)N1CCC(C(N)=O)CC1. The van der Waals surface area contributed by atoms with Gasteiger partial charge in [-0.1, -0.05) is 0 Å². The summed E-state index contributed by atoms with van der Waals surface area (Å²) in [6, 6.07) is -0.246. The lowest BCUT2D eigenvalue weighted by molar-refractivity contribution is -0.127. The van der Waals surface area contributed by atoms with Crippen LogP contribution >= 0.6 is 0 Å². The summed E-state index contributed by atoms with van der Waals surface area (Å²) in [6.45, 7) is 3.22. The number of hydrazine groups is 1. The van der Waals surface area contributed by atoms with Gasteiger partial charge < -0.3 is 5.73 Å². The van der Waals surface area contributed by atoms with Crippen molar-refractivity contribution in [2.75, 3.05) is 13.1 Å². The van der Waals surface area contributed by atoms with Gasteiger partial charge in [0.25, 0.3) is 5.91 Å². The Morgan fingerprint density at radius 2 is 1.93 bits per heavy atom. The number of amides is 2. The van der Waals surface area contributed by atoms with Gasteiger partial charge in [-0.3, -0.25) is 19.9 Å². The van der Waals surface area contributed by atoms with Gasteiger partial charge in [-0.05, 0) is 32.9 Å². The molecule has 0 aliphatic carbocycles. The maximum atomic E-state index is 11.3. The Labute approximate surface area is 88.9 Å². The van der Waals surface area contributed by atoms with E-state index in [1.165, 1.54) is 0 Å². The van der Waals surface area contributed by atoms with Crippen LogP contribution < -0.4 is 17.0 Å². The minimum absolute atomic E-state index is 0.0469. The van der Waals surface area contributed by atoms with E-state index in [2.05, 4.69) is 5.43 Å². The van der Waals surface area contributed by atoms with Gasteiger partial charge in [-0.2, -0.15) is 0 Å². The van der Waals surface area contributed by atoms with Crippen LogP contribution in [0.2, 0.25) is 0 Å². The summed E-state index contributed by atoms with van der Waals surface area (Å²) in [5, 5.41) is 0. The maximum Gasteiger partial charge on any atom is 0.250 e. The average Bonchev–Trinajstić information content (AvgIpc) is 2.27. The van der Waals surface area contributed by atoms with Gasteiger partial charge in [0.2, 0.25) is 5.91 Å². The molecule has 86 valence electrons. The standard InChI is InChI=1S/C9H18N4O2/c1-6(9(15)12-11)13-4-2-7(3-5-13)8(10)14/h6-7H,2-5,11H2,1H3,(H2,10,14)(H,12,15). The van der Waals surface area contributed by atoms with Crippen LogP contribution in [0.5, 0.6) is 0 Å². The number of carbonyl (C=O) groups is 2. The molecule has 5 N–H and O–H groups in total. The second-order valence-corrected chi connectivity index (χ2v) is 3.90. The van der Waals surface area contributed by atoms with E-state index >= 15 is 0 Å². The Kier molecular flexibility index (Phi) is 4.05. The van der Waals surface area contributed by atoms with Gasteiger partial charge in [-0.15, -0.1) is 0 Å². The van der Waals surface area contributed by atoms with Gasteiger partial charge in [0.15, 0.2) is 0 Å². The van der Waals surface area contributed by atoms with Crippen LogP contribution in [0, 0.1) is 5.92 Å². The van der Waals surface area contributed by atoms with Crippen molar-refractivity contribution in [2.24, 2.45) is 17.5 Å². The Morgan fingerprint density at radius 1 is 1.40 bits per heavy atom. The number of primary amides is 1. The maximum absolute atomic E-state index is 11.3. The molecule has 1 atom stereocenters. The van der Waals surface area contributed by atoms with Crippen molar-refractivity contribution in [3.63, 3.8) is 0 Å². The topological polar surface area (TPSA) is 101 Å². The molecule has 1 saturated heterocycles. The lowest BCUT2D eigenvalue weighted by atomic mass is 9.95. The van der Waals surface area contributed by atoms with E-state index in [4.69, 9.17) is 11.6 Å². The molecule has 6 heteroatoms. The fourth-order valence-electron chi connectivity index (χ4n) is 1.86. The number of hydrogen-bond acceptors (Lipinski definition) is 4. The summed E-state index contributed by atoms with van der Waals surface area (Å²) in [5.74, 6) is 4.56. The van der Waals surface area contributed by atoms with Gasteiger partial charge in [0.05, 0.1) is 6.04 Å². The van der Waals surface area contributed by atoms with Crippen LogP contribution in [0.4, 0.5) is 0 Å². The van der Waals surface area contributed by atoms with Crippen LogP contribution in [0.1, 0.15) is 19.8 Å². The van der Waals surface area contributed by atoms with Crippen molar-refractivity contribution in [3.05, 3.63) is 0 Å². The number of rotatable bonds is 3. The quantitative estimate of drug-likeness (QED) is 0.304. The Morgan fingerprint density at radius 3 is 2.33 bits per heavy atom. The predicted octanol–water partition coefficient (Wildman–Crippen LogP) is -1.44. The molecule has 2 amide bonds. The lowest BCUT2D eigenvalue weighted by Gasteiger charge is -2.33. The van der Waals surface area contributed by atoms with Crippen LogP contribution in [-0.2, 0) is 9.59 Å². The molecule has 1 rings (SSSR count). The molecule has 1 aliphatic rings. The van der Waals surface area contributed by atoms with Gasteiger partial charge in [-0.25, -0.2) is 5.84 Å². The highest BCUT2D eigenvalue weighted by molar-refractivity contribution is 5.80. The van der Waals surface area contributed by atoms with Crippen LogP contribution in [0.15, 0.2) is 0 Å². The summed E-state index contributed by atoms with van der Waals surface area (Å²) in [4.78, 5) is 24.2. The molecule has 6 nitrogen and oxygen atoms in total. The Hall–Kier alpha value is -1.14. The van der Waals surface area contributed by atoms with E-state index in [0.29, 0.717) is 13.1 Å². The smallest absolute Gasteiger partial charge is 0.250 e. The van der Waals surface area contributed by atoms with Crippen molar-refractivity contribution >= 4 is 11.8 Å². The molecule has 0 aromatic rings. The average molecular weight is 214 g/mol. The minimum atomic E-state index is -0.246. The first-order valence-electron chi connectivity index (χ1n) is 5.10. The second kappa shape index (κ2) is 5.09. The van der Waals surface area contributed by atoms with E-state index in [-0.39, 0.29) is 23.8 Å². The molecular formula is C9H18N4O2. The first-order valence-corrected chi connectivity index (χ1v) is 5.10. The number of carbonyl (C=O) groups excluding carboxylic acids is 2. The highest BCUT2D eigenvalue weighted by atomic mass is 16.2. The molecule has 0 saturated carbocycles. The highest BCUT2D eigenvalue weighted by Gasteiger charge is 2.28. The fourth-order valence-corrected chi connectivity index (χ4v) is 1.86. The summed E-state index contributed by atoms with van der Waals surface area (Å²) in [6.07, 6.45) is 1.44. The molecule has 1 unspecified atom stereocenters. The third-order valence-corrected chi connectivity index (χ3v) is 3.00. The van der Waals surface area contributed by atoms with Crippen molar-refractivity contribution < 1.29 is 9.59 Å². The molecule has 15 heavy (non-hydrogen) atoms. The monoisotopic (exact) mass is 214 g/mol. The van der Waals surface area contributed by atoms with Crippen LogP contribution in [-0.4, -0.2) is 35.8 Å². The molecule has 0 aromatic carbocycles. The highest BCUT2D eigenvalue weighted by Crippen LogP contribution is 2.18. The zero-order valence-corrected chi connectivity index (χ0v) is 8.90. The predicted molar refractivity (Wildman–Crippen MR) is 55.3 cm³/mol. The van der Waals surface area contributed by atoms with E-state index in [1.54, 1.807) is 6.92 Å². The lowest BCUT2D eigenvalue weighted by Crippen LogP contribution is -2.50. The number of nitrogens with zero attached hydrogens (tertiary/aromatic N) is 1. The van der Waals surface area contributed by atoms with E-state index in [9.17, 15) is 9.59 Å². The summed E-state index contributed by atoms with van der Waals surface area (Å²) >= 11 is 0. The number of nitrogens with two attached hydrogens (primary N) is 2. The largest absolute Gasteiger partial charge is 0.369 e. The third kappa shape index (κ3) is 2.90. The zero-order chi connectivity index (χ0) is 11.4. The summed E-state index contributed by atoms with van der Waals surface area (Å²) in [5.41, 5.74) is 7.34. The van der Waals surface area contributed by atoms with Crippen molar-refractivity contribution in [3.8, 4) is 0 Å². The Bertz CT molecular complexity index is 248. The molecule has 0 bridgehead atoms. The second-order valence-electron chi connectivity index (χ2n) is 3.90. The summed E-state index contributed by atoms with van der Waals surface area (Å²) < 4.78 is 0. The fraction of sp³-hybridized carbons (Fsp3) is 0.778. The van der Waals surface area contributed by atoms with Crippen molar-refractivity contribution in [1.82, 2.24) is 10.3 Å². The van der Waals surface area contributed by atoms with E-state index in [0.717, 1.165) is 12.8 Å². The van der Waals surface area contributed by atoms with E-state index < -0.39 is 0 Å². The molecule has 0 aromatic heterocycles. The van der Waals surface area contributed by atoms with Crippen LogP contribution in [0.3, 0.4) is 0 Å². The number of likely N-dealkylation sites (tertiary alicyclic amines) is 1. The molecule has 0 radical (unpaired) electrons. The van der Waals surface area contributed by atoms with Gasteiger partial charge in [0, 0.05) is 5.92 Å². The van der Waals surface area contributed by atoms with Gasteiger partial charge >= 0.3 is 0 Å². The molecule has 1 aliphatic heterocycles. The molecular weight excluding hydrogens is 196 g/mol. The summed E-state index contributed by atoms with van der Waals surface area (Å²) in [7, 11) is 0. The van der Waals surface area contributed by atoms with Gasteiger partial charge in [0.1, 0.15) is 0 Å². The van der Waals surface area contributed by atoms with Crippen molar-refractivity contribution in [2.45, 2.75) is 25.8 Å². The normalized spacial score (nSPS) is 20.9. The zero-order valence-electron chi connectivity index (χ0n) is 8.90.